The predicted molar refractivity (Wildman–Crippen MR) is 262 cm³/mol. The summed E-state index contributed by atoms with van der Waals surface area (Å²) in [7, 11) is 0. The van der Waals surface area contributed by atoms with Crippen molar-refractivity contribution < 1.29 is 39.8 Å². The first-order valence-electron chi connectivity index (χ1n) is 24.2. The van der Waals surface area contributed by atoms with Gasteiger partial charge in [-0.05, 0) is 96.8 Å². The van der Waals surface area contributed by atoms with Crippen molar-refractivity contribution in [2.24, 2.45) is 0 Å². The van der Waals surface area contributed by atoms with Crippen molar-refractivity contribution >= 4 is 5.91 Å². The lowest BCUT2D eigenvalue weighted by atomic mass is 9.99. The van der Waals surface area contributed by atoms with E-state index >= 15 is 0 Å². The van der Waals surface area contributed by atoms with E-state index in [-0.39, 0.29) is 12.5 Å². The quantitative estimate of drug-likeness (QED) is 0.0265. The van der Waals surface area contributed by atoms with Crippen LogP contribution in [0.4, 0.5) is 0 Å². The number of carbonyl (C=O) groups is 1. The summed E-state index contributed by atoms with van der Waals surface area (Å²) in [5.41, 5.74) is 0. The molecule has 0 spiro atoms. The van der Waals surface area contributed by atoms with Gasteiger partial charge in [-0.1, -0.05) is 173 Å². The van der Waals surface area contributed by atoms with Gasteiger partial charge in [0.05, 0.1) is 25.4 Å². The molecule has 0 bridgehead atoms. The molecule has 1 rings (SSSR count). The largest absolute Gasteiger partial charge is 0.394 e. The van der Waals surface area contributed by atoms with Gasteiger partial charge >= 0.3 is 0 Å². The van der Waals surface area contributed by atoms with Crippen LogP contribution in [-0.2, 0) is 14.3 Å². The Balaban J connectivity index is 2.21. The minimum absolute atomic E-state index is 0.208. The smallest absolute Gasteiger partial charge is 0.220 e. The van der Waals surface area contributed by atoms with Gasteiger partial charge in [0.1, 0.15) is 24.4 Å². The van der Waals surface area contributed by atoms with E-state index in [0.717, 1.165) is 103 Å². The Labute approximate surface area is 382 Å². The lowest BCUT2D eigenvalue weighted by Gasteiger charge is -2.40. The molecule has 0 aromatic rings. The standard InChI is InChI=1S/C54H87NO8/c1-3-5-7-9-11-13-14-15-16-17-18-19-20-21-22-23-24-25-26-27-28-29-30-31-32-33-34-36-38-40-42-44-50(58)55-47(48(57)43-41-39-37-35-12-10-8-6-4-2)46-62-54-53(61)52(60)51(59)49(45-56)63-54/h4-7,11-13,15-16,18-19,21-22,24-25,27-28,35,41,43,47-49,51-54,56-57,59-61H,3,8-10,14,17,20,23,26,29-34,36-40,42,44-46H2,1-2H3,(H,55,58)/b6-4+,7-5-,13-11-,16-15-,19-18-,22-21-,25-24-,28-27-,35-12+,43-41+. The molecule has 7 atom stereocenters. The summed E-state index contributed by atoms with van der Waals surface area (Å²) >= 11 is 0. The highest BCUT2D eigenvalue weighted by Crippen LogP contribution is 2.22. The SMILES string of the molecule is C/C=C/CC/C=C/CC/C=C/C(O)C(COC1OC(CO)C(O)C(O)C1O)NC(=O)CCCCCCCCCCC/C=C\C/C=C\C/C=C\C/C=C\C/C=C\C/C=C\C/C=C\CC. The van der Waals surface area contributed by atoms with E-state index in [0.29, 0.717) is 6.42 Å². The average molecular weight is 878 g/mol. The van der Waals surface area contributed by atoms with Crippen LogP contribution >= 0.6 is 0 Å². The van der Waals surface area contributed by atoms with Crippen molar-refractivity contribution in [2.45, 2.75) is 198 Å². The molecule has 1 amide bonds. The van der Waals surface area contributed by atoms with E-state index in [4.69, 9.17) is 9.47 Å². The summed E-state index contributed by atoms with van der Waals surface area (Å²) in [5, 5.41) is 54.0. The maximum Gasteiger partial charge on any atom is 0.220 e. The highest BCUT2D eigenvalue weighted by Gasteiger charge is 2.44. The number of hydrogen-bond donors (Lipinski definition) is 6. The predicted octanol–water partition coefficient (Wildman–Crippen LogP) is 10.8. The fourth-order valence-corrected chi connectivity index (χ4v) is 6.76. The Bertz CT molecular complexity index is 1390. The minimum Gasteiger partial charge on any atom is -0.394 e. The van der Waals surface area contributed by atoms with Crippen molar-refractivity contribution in [3.05, 3.63) is 122 Å². The molecule has 6 N–H and O–H groups in total. The van der Waals surface area contributed by atoms with Crippen LogP contribution in [0, 0.1) is 0 Å². The summed E-state index contributed by atoms with van der Waals surface area (Å²) in [5.74, 6) is -0.208. The Morgan fingerprint density at radius 2 is 1.02 bits per heavy atom. The molecule has 1 heterocycles. The topological polar surface area (TPSA) is 149 Å². The second kappa shape index (κ2) is 42.5. The van der Waals surface area contributed by atoms with Crippen LogP contribution in [0.3, 0.4) is 0 Å². The number of aliphatic hydroxyl groups is 5. The molecular weight excluding hydrogens is 791 g/mol. The number of hydrogen-bond acceptors (Lipinski definition) is 8. The maximum absolute atomic E-state index is 12.9. The van der Waals surface area contributed by atoms with Crippen LogP contribution in [0.2, 0.25) is 0 Å². The van der Waals surface area contributed by atoms with E-state index < -0.39 is 49.5 Å². The van der Waals surface area contributed by atoms with Crippen molar-refractivity contribution in [1.29, 1.82) is 0 Å². The van der Waals surface area contributed by atoms with E-state index in [1.165, 1.54) is 32.1 Å². The molecule has 0 saturated carbocycles. The zero-order chi connectivity index (χ0) is 45.9. The number of allylic oxidation sites excluding steroid dienone is 19. The third-order valence-electron chi connectivity index (χ3n) is 10.6. The van der Waals surface area contributed by atoms with Crippen molar-refractivity contribution in [3.8, 4) is 0 Å². The summed E-state index contributed by atoms with van der Waals surface area (Å²) in [4.78, 5) is 12.9. The first-order valence-corrected chi connectivity index (χ1v) is 24.2. The normalized spacial score (nSPS) is 21.3. The van der Waals surface area contributed by atoms with Crippen molar-refractivity contribution in [2.75, 3.05) is 13.2 Å². The molecule has 1 aliphatic rings. The lowest BCUT2D eigenvalue weighted by Crippen LogP contribution is -2.60. The van der Waals surface area contributed by atoms with Crippen LogP contribution in [-0.4, -0.2) is 87.5 Å². The van der Waals surface area contributed by atoms with E-state index in [1.807, 2.05) is 19.1 Å². The molecule has 7 unspecified atom stereocenters. The molecule has 0 aromatic heterocycles. The Morgan fingerprint density at radius 3 is 1.52 bits per heavy atom. The molecule has 356 valence electrons. The van der Waals surface area contributed by atoms with Gasteiger partial charge < -0.3 is 40.3 Å². The molecule has 9 nitrogen and oxygen atoms in total. The van der Waals surface area contributed by atoms with Crippen LogP contribution in [0.1, 0.15) is 155 Å². The van der Waals surface area contributed by atoms with E-state index in [1.54, 1.807) is 6.08 Å². The van der Waals surface area contributed by atoms with E-state index in [2.05, 4.69) is 116 Å². The van der Waals surface area contributed by atoms with Gasteiger partial charge in [-0.15, -0.1) is 0 Å². The third kappa shape index (κ3) is 32.8. The first-order chi connectivity index (χ1) is 30.8. The van der Waals surface area contributed by atoms with Crippen LogP contribution in [0.15, 0.2) is 122 Å². The zero-order valence-electron chi connectivity index (χ0n) is 39.0. The Hall–Kier alpha value is -3.41. The number of aliphatic hydroxyl groups excluding tert-OH is 5. The van der Waals surface area contributed by atoms with Crippen molar-refractivity contribution in [1.82, 2.24) is 5.32 Å². The summed E-state index contributed by atoms with van der Waals surface area (Å²) in [6.07, 6.45) is 57.1. The highest BCUT2D eigenvalue weighted by molar-refractivity contribution is 5.76. The molecule has 9 heteroatoms. The van der Waals surface area contributed by atoms with Gasteiger partial charge in [-0.2, -0.15) is 0 Å². The molecule has 1 fully saturated rings. The molecule has 0 aromatic carbocycles. The van der Waals surface area contributed by atoms with Crippen molar-refractivity contribution in [3.63, 3.8) is 0 Å². The average Bonchev–Trinajstić information content (AvgIpc) is 3.28. The third-order valence-corrected chi connectivity index (χ3v) is 10.6. The first kappa shape index (κ1) is 57.6. The molecular formula is C54H87NO8. The minimum atomic E-state index is -1.58. The fourth-order valence-electron chi connectivity index (χ4n) is 6.76. The van der Waals surface area contributed by atoms with Gasteiger partial charge in [0, 0.05) is 6.42 Å². The summed E-state index contributed by atoms with van der Waals surface area (Å²) in [6, 6.07) is -0.837. The molecule has 1 saturated heterocycles. The molecule has 0 aliphatic carbocycles. The highest BCUT2D eigenvalue weighted by atomic mass is 16.7. The van der Waals surface area contributed by atoms with Crippen LogP contribution < -0.4 is 5.32 Å². The summed E-state index contributed by atoms with van der Waals surface area (Å²) < 4.78 is 11.2. The van der Waals surface area contributed by atoms with Gasteiger partial charge in [0.2, 0.25) is 5.91 Å². The zero-order valence-corrected chi connectivity index (χ0v) is 39.0. The van der Waals surface area contributed by atoms with Gasteiger partial charge in [-0.25, -0.2) is 0 Å². The monoisotopic (exact) mass is 878 g/mol. The van der Waals surface area contributed by atoms with Gasteiger partial charge in [0.25, 0.3) is 0 Å². The number of ether oxygens (including phenoxy) is 2. The van der Waals surface area contributed by atoms with Gasteiger partial charge in [0.15, 0.2) is 6.29 Å². The van der Waals surface area contributed by atoms with E-state index in [9.17, 15) is 30.3 Å². The number of nitrogens with one attached hydrogen (secondary N) is 1. The fraction of sp³-hybridized carbons (Fsp3) is 0.611. The Morgan fingerprint density at radius 1 is 0.571 bits per heavy atom. The van der Waals surface area contributed by atoms with Crippen LogP contribution in [0.5, 0.6) is 0 Å². The molecule has 63 heavy (non-hydrogen) atoms. The lowest BCUT2D eigenvalue weighted by molar-refractivity contribution is -0.302. The second-order valence-corrected chi connectivity index (χ2v) is 16.2. The van der Waals surface area contributed by atoms with Gasteiger partial charge in [-0.3, -0.25) is 4.79 Å². The number of amides is 1. The Kier molecular flexibility index (Phi) is 38.9. The number of unbranched alkanes of at least 4 members (excludes halogenated alkanes) is 11. The molecule has 0 radical (unpaired) electrons. The summed E-state index contributed by atoms with van der Waals surface area (Å²) in [6.45, 7) is 3.37. The molecule has 1 aliphatic heterocycles. The maximum atomic E-state index is 12.9. The second-order valence-electron chi connectivity index (χ2n) is 16.2. The van der Waals surface area contributed by atoms with Crippen LogP contribution in [0.25, 0.3) is 0 Å². The number of rotatable bonds is 38. The number of carbonyl (C=O) groups excluding carboxylic acids is 1.